The minimum Gasteiger partial charge on any atom is -0.326 e. The van der Waals surface area contributed by atoms with Gasteiger partial charge in [-0.3, -0.25) is 9.52 Å². The first-order chi connectivity index (χ1) is 14.5. The topological polar surface area (TPSA) is 106 Å². The van der Waals surface area contributed by atoms with Crippen molar-refractivity contribution in [3.8, 4) is 5.69 Å². The van der Waals surface area contributed by atoms with Gasteiger partial charge in [-0.15, -0.1) is 0 Å². The SMILES string of the molecule is O=C1CCc2cc(Cl)c(S(=O)(=O)Nc3cc(C(F)(F)F)ccc3-n3cncn3)cc2N1. The third-order valence-electron chi connectivity index (χ3n) is 4.58. The number of aromatic nitrogens is 3. The monoisotopic (exact) mass is 471 g/mol. The highest BCUT2D eigenvalue weighted by Crippen LogP contribution is 2.36. The molecule has 3 aromatic rings. The second-order valence-electron chi connectivity index (χ2n) is 6.66. The smallest absolute Gasteiger partial charge is 0.326 e. The number of rotatable bonds is 4. The van der Waals surface area contributed by atoms with E-state index in [1.807, 2.05) is 0 Å². The molecule has 0 fully saturated rings. The third kappa shape index (κ3) is 4.21. The summed E-state index contributed by atoms with van der Waals surface area (Å²) in [6, 6.07) is 5.12. The Morgan fingerprint density at radius 1 is 1.16 bits per heavy atom. The Bertz CT molecular complexity index is 1280. The van der Waals surface area contributed by atoms with E-state index < -0.39 is 26.7 Å². The number of sulfonamides is 1. The maximum absolute atomic E-state index is 13.2. The average Bonchev–Trinajstić information content (AvgIpc) is 3.21. The molecular formula is C18H13ClF3N5O3S. The van der Waals surface area contributed by atoms with Gasteiger partial charge in [0.2, 0.25) is 5.91 Å². The zero-order chi connectivity index (χ0) is 22.4. The molecule has 4 rings (SSSR count). The average molecular weight is 472 g/mol. The number of benzene rings is 2. The molecule has 0 bridgehead atoms. The molecule has 0 aliphatic carbocycles. The molecule has 0 unspecified atom stereocenters. The van der Waals surface area contributed by atoms with Crippen LogP contribution >= 0.6 is 11.6 Å². The van der Waals surface area contributed by atoms with Crippen molar-refractivity contribution in [2.75, 3.05) is 10.0 Å². The highest BCUT2D eigenvalue weighted by molar-refractivity contribution is 7.92. The van der Waals surface area contributed by atoms with E-state index in [0.717, 1.165) is 23.1 Å². The molecule has 2 aromatic carbocycles. The van der Waals surface area contributed by atoms with E-state index >= 15 is 0 Å². The van der Waals surface area contributed by atoms with Crippen LogP contribution in [0.15, 0.2) is 47.9 Å². The number of nitrogens with one attached hydrogen (secondary N) is 2. The number of amides is 1. The van der Waals surface area contributed by atoms with Crippen molar-refractivity contribution >= 4 is 38.9 Å². The van der Waals surface area contributed by atoms with Gasteiger partial charge in [-0.05, 0) is 42.3 Å². The molecule has 1 amide bonds. The molecule has 2 N–H and O–H groups in total. The lowest BCUT2D eigenvalue weighted by Crippen LogP contribution is -2.21. The number of hydrogen-bond donors (Lipinski definition) is 2. The summed E-state index contributed by atoms with van der Waals surface area (Å²) >= 11 is 6.15. The number of anilines is 2. The van der Waals surface area contributed by atoms with Crippen LogP contribution in [0.5, 0.6) is 0 Å². The molecule has 0 saturated carbocycles. The molecule has 1 aliphatic heterocycles. The highest BCUT2D eigenvalue weighted by atomic mass is 35.5. The minimum atomic E-state index is -4.70. The number of hydrogen-bond acceptors (Lipinski definition) is 5. The third-order valence-corrected chi connectivity index (χ3v) is 6.41. The van der Waals surface area contributed by atoms with Gasteiger partial charge in [-0.2, -0.15) is 18.3 Å². The molecule has 1 aromatic heterocycles. The molecular weight excluding hydrogens is 459 g/mol. The molecule has 2 heterocycles. The predicted molar refractivity (Wildman–Crippen MR) is 106 cm³/mol. The fourth-order valence-corrected chi connectivity index (χ4v) is 4.75. The normalized spacial score (nSPS) is 14.1. The van der Waals surface area contributed by atoms with Gasteiger partial charge in [0.1, 0.15) is 17.6 Å². The van der Waals surface area contributed by atoms with E-state index in [4.69, 9.17) is 11.6 Å². The van der Waals surface area contributed by atoms with Crippen molar-refractivity contribution in [1.82, 2.24) is 14.8 Å². The Kier molecular flexibility index (Phi) is 5.13. The molecule has 31 heavy (non-hydrogen) atoms. The summed E-state index contributed by atoms with van der Waals surface area (Å²) in [5.41, 5.74) is -0.472. The lowest BCUT2D eigenvalue weighted by atomic mass is 10.0. The van der Waals surface area contributed by atoms with Gasteiger partial charge in [0, 0.05) is 12.1 Å². The number of fused-ring (bicyclic) bond motifs is 1. The van der Waals surface area contributed by atoms with E-state index in [1.54, 1.807) is 0 Å². The molecule has 0 radical (unpaired) electrons. The molecule has 162 valence electrons. The number of carbonyl (C=O) groups is 1. The maximum atomic E-state index is 13.2. The Morgan fingerprint density at radius 3 is 2.61 bits per heavy atom. The van der Waals surface area contributed by atoms with Crippen molar-refractivity contribution in [3.05, 3.63) is 59.1 Å². The predicted octanol–water partition coefficient (Wildman–Crippen LogP) is 3.63. The van der Waals surface area contributed by atoms with Crippen molar-refractivity contribution < 1.29 is 26.4 Å². The molecule has 0 atom stereocenters. The number of carbonyl (C=O) groups excluding carboxylic acids is 1. The minimum absolute atomic E-state index is 0.0245. The van der Waals surface area contributed by atoms with E-state index in [2.05, 4.69) is 20.1 Å². The quantitative estimate of drug-likeness (QED) is 0.604. The second kappa shape index (κ2) is 7.54. The lowest BCUT2D eigenvalue weighted by molar-refractivity contribution is -0.137. The van der Waals surface area contributed by atoms with Gasteiger partial charge in [0.05, 0.1) is 22.0 Å². The summed E-state index contributed by atoms with van der Waals surface area (Å²) in [5, 5.41) is 6.28. The second-order valence-corrected chi connectivity index (χ2v) is 8.72. The van der Waals surface area contributed by atoms with Crippen LogP contribution in [0, 0.1) is 0 Å². The Labute approximate surface area is 179 Å². The van der Waals surface area contributed by atoms with Crippen LogP contribution < -0.4 is 10.0 Å². The van der Waals surface area contributed by atoms with Crippen molar-refractivity contribution in [1.29, 1.82) is 0 Å². The molecule has 0 saturated heterocycles. The Morgan fingerprint density at radius 2 is 1.94 bits per heavy atom. The fraction of sp³-hybridized carbons (Fsp3) is 0.167. The van der Waals surface area contributed by atoms with Crippen LogP contribution in [0.1, 0.15) is 17.5 Å². The number of nitrogens with zero attached hydrogens (tertiary/aromatic N) is 3. The number of aryl methyl sites for hydroxylation is 1. The van der Waals surface area contributed by atoms with Crippen LogP contribution in [0.3, 0.4) is 0 Å². The Hall–Kier alpha value is -3.12. The maximum Gasteiger partial charge on any atom is 0.416 e. The summed E-state index contributed by atoms with van der Waals surface area (Å²) in [7, 11) is -4.43. The van der Waals surface area contributed by atoms with Crippen molar-refractivity contribution in [3.63, 3.8) is 0 Å². The van der Waals surface area contributed by atoms with Gasteiger partial charge in [-0.25, -0.2) is 18.1 Å². The summed E-state index contributed by atoms with van der Waals surface area (Å²) < 4.78 is 69.0. The van der Waals surface area contributed by atoms with Gasteiger partial charge >= 0.3 is 6.18 Å². The van der Waals surface area contributed by atoms with Crippen molar-refractivity contribution in [2.24, 2.45) is 0 Å². The van der Waals surface area contributed by atoms with E-state index in [-0.39, 0.29) is 34.4 Å². The van der Waals surface area contributed by atoms with E-state index in [0.29, 0.717) is 18.1 Å². The number of halogens is 4. The van der Waals surface area contributed by atoms with Gasteiger partial charge in [0.25, 0.3) is 10.0 Å². The molecule has 13 heteroatoms. The zero-order valence-corrected chi connectivity index (χ0v) is 17.0. The van der Waals surface area contributed by atoms with Crippen LogP contribution in [-0.4, -0.2) is 29.1 Å². The first-order valence-electron chi connectivity index (χ1n) is 8.76. The summed E-state index contributed by atoms with van der Waals surface area (Å²) in [6.45, 7) is 0. The van der Waals surface area contributed by atoms with Gasteiger partial charge < -0.3 is 5.32 Å². The lowest BCUT2D eigenvalue weighted by Gasteiger charge is -2.20. The molecule has 1 aliphatic rings. The van der Waals surface area contributed by atoms with Crippen molar-refractivity contribution in [2.45, 2.75) is 23.9 Å². The number of alkyl halides is 3. The molecule has 0 spiro atoms. The van der Waals surface area contributed by atoms with Crippen LogP contribution in [-0.2, 0) is 27.4 Å². The summed E-state index contributed by atoms with van der Waals surface area (Å²) in [5.74, 6) is -0.280. The van der Waals surface area contributed by atoms with Gasteiger partial charge in [-0.1, -0.05) is 11.6 Å². The van der Waals surface area contributed by atoms with Crippen LogP contribution in [0.4, 0.5) is 24.5 Å². The largest absolute Gasteiger partial charge is 0.416 e. The fourth-order valence-electron chi connectivity index (χ4n) is 3.11. The van der Waals surface area contributed by atoms with Crippen LogP contribution in [0.2, 0.25) is 5.02 Å². The highest BCUT2D eigenvalue weighted by Gasteiger charge is 2.32. The standard InChI is InChI=1S/C18H13ClF3N5O3S/c19-12-5-10-1-4-17(28)25-13(10)7-16(12)31(29,30)26-14-6-11(18(20,21)22)2-3-15(14)27-9-23-8-24-27/h2-3,5-9,26H,1,4H2,(H,25,28). The zero-order valence-electron chi connectivity index (χ0n) is 15.4. The van der Waals surface area contributed by atoms with Crippen LogP contribution in [0.25, 0.3) is 5.69 Å². The summed E-state index contributed by atoms with van der Waals surface area (Å²) in [6.07, 6.45) is -1.71. The van der Waals surface area contributed by atoms with E-state index in [9.17, 15) is 26.4 Å². The first kappa shape index (κ1) is 21.1. The summed E-state index contributed by atoms with van der Waals surface area (Å²) in [4.78, 5) is 15.0. The Balaban J connectivity index is 1.79. The first-order valence-corrected chi connectivity index (χ1v) is 10.6. The van der Waals surface area contributed by atoms with Gasteiger partial charge in [0.15, 0.2) is 0 Å². The van der Waals surface area contributed by atoms with E-state index in [1.165, 1.54) is 18.5 Å². The molecule has 8 nitrogen and oxygen atoms in total.